The van der Waals surface area contributed by atoms with Crippen molar-refractivity contribution in [3.63, 3.8) is 0 Å². The molecule has 0 aromatic carbocycles. The van der Waals surface area contributed by atoms with Gasteiger partial charge in [0.05, 0.1) is 0 Å². The predicted octanol–water partition coefficient (Wildman–Crippen LogP) is -0.963. The molecule has 1 aromatic heterocycles. The second kappa shape index (κ2) is 7.04. The summed E-state index contributed by atoms with van der Waals surface area (Å²) >= 11 is 0. The van der Waals surface area contributed by atoms with Crippen LogP contribution in [-0.4, -0.2) is 27.6 Å². The summed E-state index contributed by atoms with van der Waals surface area (Å²) in [7, 11) is 1.38. The van der Waals surface area contributed by atoms with Crippen molar-refractivity contribution >= 4 is 5.91 Å². The Morgan fingerprint density at radius 1 is 1.40 bits per heavy atom. The molecule has 1 aromatic rings. The Balaban J connectivity index is 2.74. The van der Waals surface area contributed by atoms with Gasteiger partial charge >= 0.3 is 5.69 Å². The van der Waals surface area contributed by atoms with Gasteiger partial charge in [0.25, 0.3) is 5.56 Å². The van der Waals surface area contributed by atoms with Crippen LogP contribution < -0.4 is 22.3 Å². The first-order chi connectivity index (χ1) is 9.35. The number of carbonyl (C=O) groups excluding carboxylic acids is 1. The van der Waals surface area contributed by atoms with Crippen LogP contribution >= 0.6 is 0 Å². The van der Waals surface area contributed by atoms with E-state index >= 15 is 0 Å². The molecule has 112 valence electrons. The maximum atomic E-state index is 11.9. The number of rotatable bonds is 6. The molecule has 0 saturated carbocycles. The van der Waals surface area contributed by atoms with Gasteiger partial charge in [0, 0.05) is 31.9 Å². The monoisotopic (exact) mass is 282 g/mol. The van der Waals surface area contributed by atoms with Gasteiger partial charge in [-0.25, -0.2) is 4.79 Å². The van der Waals surface area contributed by atoms with E-state index in [0.29, 0.717) is 12.5 Å². The fraction of sp³-hybridized carbons (Fsp3) is 0.615. The first kappa shape index (κ1) is 16.2. The summed E-state index contributed by atoms with van der Waals surface area (Å²) in [6.45, 7) is 4.33. The van der Waals surface area contributed by atoms with Crippen LogP contribution in [0.25, 0.3) is 0 Å². The highest BCUT2D eigenvalue weighted by Crippen LogP contribution is 2.03. The molecule has 0 aliphatic carbocycles. The molecule has 0 radical (unpaired) electrons. The lowest BCUT2D eigenvalue weighted by atomic mass is 10.0. The lowest BCUT2D eigenvalue weighted by Crippen LogP contribution is -2.45. The molecule has 7 nitrogen and oxygen atoms in total. The molecule has 0 aliphatic rings. The zero-order valence-corrected chi connectivity index (χ0v) is 12.1. The van der Waals surface area contributed by atoms with E-state index in [1.54, 1.807) is 0 Å². The summed E-state index contributed by atoms with van der Waals surface area (Å²) in [5, 5.41) is 2.80. The van der Waals surface area contributed by atoms with Crippen LogP contribution in [0.2, 0.25) is 0 Å². The van der Waals surface area contributed by atoms with Crippen LogP contribution in [0.15, 0.2) is 21.9 Å². The van der Waals surface area contributed by atoms with E-state index in [-0.39, 0.29) is 18.5 Å². The van der Waals surface area contributed by atoms with Gasteiger partial charge in [0.2, 0.25) is 5.91 Å². The minimum absolute atomic E-state index is 0.106. The van der Waals surface area contributed by atoms with Crippen LogP contribution in [0.1, 0.15) is 20.3 Å². The molecular formula is C13H22N4O3. The second-order valence-corrected chi connectivity index (χ2v) is 5.25. The van der Waals surface area contributed by atoms with Crippen LogP contribution in [0.5, 0.6) is 0 Å². The van der Waals surface area contributed by atoms with Gasteiger partial charge in [-0.15, -0.1) is 0 Å². The highest BCUT2D eigenvalue weighted by Gasteiger charge is 2.13. The molecule has 0 aliphatic heterocycles. The van der Waals surface area contributed by atoms with Gasteiger partial charge < -0.3 is 11.1 Å². The van der Waals surface area contributed by atoms with Gasteiger partial charge in [0.1, 0.15) is 6.54 Å². The van der Waals surface area contributed by atoms with Crippen molar-refractivity contribution in [3.8, 4) is 0 Å². The predicted molar refractivity (Wildman–Crippen MR) is 76.4 cm³/mol. The molecule has 0 fully saturated rings. The Bertz CT molecular complexity index is 574. The fourth-order valence-electron chi connectivity index (χ4n) is 1.95. The van der Waals surface area contributed by atoms with Gasteiger partial charge in [0.15, 0.2) is 0 Å². The Hall–Kier alpha value is -1.89. The van der Waals surface area contributed by atoms with E-state index < -0.39 is 11.2 Å². The molecule has 7 heteroatoms. The van der Waals surface area contributed by atoms with Crippen molar-refractivity contribution in [2.75, 3.05) is 6.54 Å². The van der Waals surface area contributed by atoms with E-state index in [4.69, 9.17) is 5.73 Å². The summed E-state index contributed by atoms with van der Waals surface area (Å²) in [5.74, 6) is 0.131. The van der Waals surface area contributed by atoms with E-state index in [2.05, 4.69) is 5.32 Å². The van der Waals surface area contributed by atoms with Crippen molar-refractivity contribution in [1.29, 1.82) is 0 Å². The molecule has 0 saturated heterocycles. The number of nitrogens with one attached hydrogen (secondary N) is 1. The molecule has 1 amide bonds. The van der Waals surface area contributed by atoms with Crippen molar-refractivity contribution in [2.24, 2.45) is 18.7 Å². The van der Waals surface area contributed by atoms with Crippen LogP contribution in [0.3, 0.4) is 0 Å². The second-order valence-electron chi connectivity index (χ2n) is 5.25. The lowest BCUT2D eigenvalue weighted by Gasteiger charge is -2.19. The molecule has 1 unspecified atom stereocenters. The van der Waals surface area contributed by atoms with E-state index in [1.807, 2.05) is 13.8 Å². The number of nitrogens with zero attached hydrogens (tertiary/aromatic N) is 2. The quantitative estimate of drug-likeness (QED) is 0.701. The molecular weight excluding hydrogens is 260 g/mol. The van der Waals surface area contributed by atoms with Crippen LogP contribution in [0.4, 0.5) is 0 Å². The number of amides is 1. The minimum Gasteiger partial charge on any atom is -0.351 e. The first-order valence-electron chi connectivity index (χ1n) is 6.61. The molecule has 1 heterocycles. The summed E-state index contributed by atoms with van der Waals surface area (Å²) in [6.07, 6.45) is 2.11. The third kappa shape index (κ3) is 4.34. The highest BCUT2D eigenvalue weighted by molar-refractivity contribution is 5.76. The molecule has 1 rings (SSSR count). The summed E-state index contributed by atoms with van der Waals surface area (Å²) in [4.78, 5) is 34.9. The third-order valence-electron chi connectivity index (χ3n) is 2.98. The Kier molecular flexibility index (Phi) is 5.69. The maximum absolute atomic E-state index is 11.9. The van der Waals surface area contributed by atoms with Crippen LogP contribution in [0, 0.1) is 5.92 Å². The summed E-state index contributed by atoms with van der Waals surface area (Å²) in [5.41, 5.74) is 4.70. The number of aromatic nitrogens is 2. The molecule has 0 bridgehead atoms. The largest absolute Gasteiger partial charge is 0.351 e. The Morgan fingerprint density at radius 2 is 2.05 bits per heavy atom. The molecule has 3 N–H and O–H groups in total. The fourth-order valence-corrected chi connectivity index (χ4v) is 1.95. The zero-order chi connectivity index (χ0) is 15.3. The maximum Gasteiger partial charge on any atom is 0.331 e. The standard InChI is InChI=1S/C13H22N4O3/c1-9(2)6-10(7-14)15-11(18)8-17-5-4-12(19)16(3)13(17)20/h4-5,9-10H,6-8,14H2,1-3H3,(H,15,18). The summed E-state index contributed by atoms with van der Waals surface area (Å²) < 4.78 is 2.15. The number of hydrogen-bond donors (Lipinski definition) is 2. The molecule has 0 spiro atoms. The van der Waals surface area contributed by atoms with E-state index in [1.165, 1.54) is 23.9 Å². The smallest absolute Gasteiger partial charge is 0.331 e. The minimum atomic E-state index is -0.513. The average molecular weight is 282 g/mol. The highest BCUT2D eigenvalue weighted by atomic mass is 16.2. The first-order valence-corrected chi connectivity index (χ1v) is 6.61. The summed E-state index contributed by atoms with van der Waals surface area (Å²) in [6, 6.07) is 1.15. The normalized spacial score (nSPS) is 12.4. The average Bonchev–Trinajstić information content (AvgIpc) is 2.38. The number of hydrogen-bond acceptors (Lipinski definition) is 4. The van der Waals surface area contributed by atoms with Crippen molar-refractivity contribution < 1.29 is 4.79 Å². The van der Waals surface area contributed by atoms with Gasteiger partial charge in [-0.3, -0.25) is 18.7 Å². The number of carbonyl (C=O) groups is 1. The van der Waals surface area contributed by atoms with E-state index in [9.17, 15) is 14.4 Å². The lowest BCUT2D eigenvalue weighted by molar-refractivity contribution is -0.122. The van der Waals surface area contributed by atoms with E-state index in [0.717, 1.165) is 11.0 Å². The van der Waals surface area contributed by atoms with Crippen molar-refractivity contribution in [1.82, 2.24) is 14.5 Å². The van der Waals surface area contributed by atoms with Gasteiger partial charge in [-0.05, 0) is 12.3 Å². The Morgan fingerprint density at radius 3 is 2.60 bits per heavy atom. The third-order valence-corrected chi connectivity index (χ3v) is 2.98. The molecule has 20 heavy (non-hydrogen) atoms. The SMILES string of the molecule is CC(C)CC(CN)NC(=O)Cn1ccc(=O)n(C)c1=O. The molecule has 1 atom stereocenters. The topological polar surface area (TPSA) is 99.1 Å². The van der Waals surface area contributed by atoms with Crippen molar-refractivity contribution in [3.05, 3.63) is 33.1 Å². The van der Waals surface area contributed by atoms with Gasteiger partial charge in [-0.1, -0.05) is 13.8 Å². The van der Waals surface area contributed by atoms with Crippen molar-refractivity contribution in [2.45, 2.75) is 32.9 Å². The zero-order valence-electron chi connectivity index (χ0n) is 12.1. The Labute approximate surface area is 117 Å². The number of nitrogens with two attached hydrogens (primary N) is 1. The van der Waals surface area contributed by atoms with Gasteiger partial charge in [-0.2, -0.15) is 0 Å². The van der Waals surface area contributed by atoms with Crippen LogP contribution in [-0.2, 0) is 18.4 Å².